The summed E-state index contributed by atoms with van der Waals surface area (Å²) in [6.07, 6.45) is 11.5. The smallest absolute Gasteiger partial charge is 0.213 e. The number of aromatic nitrogens is 3. The molecule has 3 aromatic heterocycles. The van der Waals surface area contributed by atoms with Crippen molar-refractivity contribution in [3.63, 3.8) is 0 Å². The molecule has 1 aliphatic heterocycles. The van der Waals surface area contributed by atoms with Gasteiger partial charge in [-0.05, 0) is 61.6 Å². The minimum absolute atomic E-state index is 0.0370. The Bertz CT molecular complexity index is 1540. The number of methoxy groups -OCH3 is 1. The van der Waals surface area contributed by atoms with E-state index in [0.717, 1.165) is 50.0 Å². The second-order valence-electron chi connectivity index (χ2n) is 10.5. The van der Waals surface area contributed by atoms with Crippen molar-refractivity contribution < 1.29 is 9.13 Å². The predicted octanol–water partition coefficient (Wildman–Crippen LogP) is 5.60. The first kappa shape index (κ1) is 25.8. The van der Waals surface area contributed by atoms with Crippen LogP contribution in [0.5, 0.6) is 5.88 Å². The number of anilines is 1. The van der Waals surface area contributed by atoms with Crippen LogP contribution in [0.15, 0.2) is 66.0 Å². The Hall–Kier alpha value is -3.49. The van der Waals surface area contributed by atoms with E-state index in [1.807, 2.05) is 30.6 Å². The van der Waals surface area contributed by atoms with Crippen LogP contribution in [0.3, 0.4) is 0 Å². The van der Waals surface area contributed by atoms with Gasteiger partial charge in [0.2, 0.25) is 5.88 Å². The molecule has 39 heavy (non-hydrogen) atoms. The number of halogens is 2. The van der Waals surface area contributed by atoms with Crippen molar-refractivity contribution in [1.82, 2.24) is 19.4 Å². The molecule has 2 aliphatic rings. The Morgan fingerprint density at radius 2 is 2.03 bits per heavy atom. The average Bonchev–Trinajstić information content (AvgIpc) is 3.81. The Balaban J connectivity index is 1.38. The van der Waals surface area contributed by atoms with Crippen LogP contribution in [-0.2, 0) is 13.1 Å². The van der Waals surface area contributed by atoms with E-state index in [1.54, 1.807) is 25.6 Å². The first-order valence-electron chi connectivity index (χ1n) is 13.4. The molecule has 0 radical (unpaired) electrons. The first-order chi connectivity index (χ1) is 19.0. The van der Waals surface area contributed by atoms with Crippen molar-refractivity contribution >= 4 is 28.2 Å². The quantitative estimate of drug-likeness (QED) is 0.286. The maximum absolute atomic E-state index is 14.5. The lowest BCUT2D eigenvalue weighted by Gasteiger charge is -2.40. The summed E-state index contributed by atoms with van der Waals surface area (Å²) in [4.78, 5) is 27.0. The molecule has 4 heterocycles. The number of hydrogen-bond donors (Lipinski definition) is 0. The van der Waals surface area contributed by atoms with Gasteiger partial charge in [0.15, 0.2) is 5.43 Å². The van der Waals surface area contributed by atoms with E-state index in [-0.39, 0.29) is 16.5 Å². The summed E-state index contributed by atoms with van der Waals surface area (Å²) in [6.45, 7) is 2.86. The van der Waals surface area contributed by atoms with Gasteiger partial charge < -0.3 is 14.2 Å². The van der Waals surface area contributed by atoms with Crippen LogP contribution < -0.4 is 15.1 Å². The normalized spacial score (nSPS) is 17.6. The Morgan fingerprint density at radius 1 is 1.15 bits per heavy atom. The average molecular weight is 548 g/mol. The molecule has 202 valence electrons. The van der Waals surface area contributed by atoms with E-state index in [1.165, 1.54) is 6.07 Å². The molecule has 0 spiro atoms. The largest absolute Gasteiger partial charge is 0.481 e. The van der Waals surface area contributed by atoms with E-state index < -0.39 is 5.82 Å². The number of piperidine rings is 1. The topological polar surface area (TPSA) is 63.5 Å². The lowest BCUT2D eigenvalue weighted by molar-refractivity contribution is 0.158. The molecule has 2 fully saturated rings. The van der Waals surface area contributed by atoms with Crippen molar-refractivity contribution in [3.8, 4) is 5.88 Å². The Kier molecular flexibility index (Phi) is 7.23. The SMILES string of the molecule is COc1cc(CN(Cc2cn(C3CC3)c3cc(Cl)c(F)cc3c2=O)C2CCCN(c3cccnc3)C2)ccn1. The van der Waals surface area contributed by atoms with Gasteiger partial charge in [0.1, 0.15) is 5.82 Å². The fourth-order valence-corrected chi connectivity index (χ4v) is 5.78. The van der Waals surface area contributed by atoms with Crippen LogP contribution in [0.2, 0.25) is 5.02 Å². The zero-order valence-corrected chi connectivity index (χ0v) is 22.6. The molecule has 4 aromatic rings. The van der Waals surface area contributed by atoms with Gasteiger partial charge in [-0.15, -0.1) is 0 Å². The van der Waals surface area contributed by atoms with Gasteiger partial charge >= 0.3 is 0 Å². The van der Waals surface area contributed by atoms with Crippen molar-refractivity contribution in [2.45, 2.75) is 50.9 Å². The van der Waals surface area contributed by atoms with Crippen LogP contribution in [0, 0.1) is 5.82 Å². The molecule has 0 N–H and O–H groups in total. The third-order valence-corrected chi connectivity index (χ3v) is 8.07. The van der Waals surface area contributed by atoms with Crippen molar-refractivity contribution in [3.05, 3.63) is 93.4 Å². The number of fused-ring (bicyclic) bond motifs is 1. The van der Waals surface area contributed by atoms with Crippen LogP contribution in [-0.4, -0.2) is 45.7 Å². The number of ether oxygens (including phenoxy) is 1. The summed E-state index contributed by atoms with van der Waals surface area (Å²) in [5.41, 5.74) is 3.37. The maximum Gasteiger partial charge on any atom is 0.213 e. The van der Waals surface area contributed by atoms with Crippen LogP contribution in [0.1, 0.15) is 42.9 Å². The molecule has 1 aromatic carbocycles. The number of benzene rings is 1. The van der Waals surface area contributed by atoms with Gasteiger partial charge in [0.05, 0.1) is 29.5 Å². The van der Waals surface area contributed by atoms with Gasteiger partial charge in [0, 0.05) is 73.9 Å². The van der Waals surface area contributed by atoms with Gasteiger partial charge in [0.25, 0.3) is 0 Å². The van der Waals surface area contributed by atoms with E-state index in [2.05, 4.69) is 30.4 Å². The van der Waals surface area contributed by atoms with Crippen molar-refractivity contribution in [2.24, 2.45) is 0 Å². The molecule has 1 saturated heterocycles. The second-order valence-corrected chi connectivity index (χ2v) is 10.9. The molecular weight excluding hydrogens is 517 g/mol. The summed E-state index contributed by atoms with van der Waals surface area (Å²) < 4.78 is 22.0. The van der Waals surface area contributed by atoms with E-state index >= 15 is 0 Å². The highest BCUT2D eigenvalue weighted by Crippen LogP contribution is 2.38. The number of pyridine rings is 3. The fraction of sp³-hybridized carbons (Fsp3) is 0.367. The first-order valence-corrected chi connectivity index (χ1v) is 13.8. The van der Waals surface area contributed by atoms with Gasteiger partial charge in [-0.1, -0.05) is 11.6 Å². The Labute approximate surface area is 231 Å². The summed E-state index contributed by atoms with van der Waals surface area (Å²) in [5.74, 6) is -0.0110. The zero-order valence-electron chi connectivity index (χ0n) is 21.9. The molecule has 1 aliphatic carbocycles. The molecule has 0 amide bonds. The minimum atomic E-state index is -0.569. The summed E-state index contributed by atoms with van der Waals surface area (Å²) in [7, 11) is 1.61. The third-order valence-electron chi connectivity index (χ3n) is 7.78. The highest BCUT2D eigenvalue weighted by Gasteiger charge is 2.29. The van der Waals surface area contributed by atoms with Gasteiger partial charge in [-0.3, -0.25) is 14.7 Å². The molecule has 1 saturated carbocycles. The molecule has 6 rings (SSSR count). The molecule has 1 unspecified atom stereocenters. The summed E-state index contributed by atoms with van der Waals surface area (Å²) in [6, 6.07) is 11.4. The maximum atomic E-state index is 14.5. The lowest BCUT2D eigenvalue weighted by Crippen LogP contribution is -2.48. The highest BCUT2D eigenvalue weighted by atomic mass is 35.5. The van der Waals surface area contributed by atoms with Crippen LogP contribution >= 0.6 is 11.6 Å². The molecule has 7 nitrogen and oxygen atoms in total. The van der Waals surface area contributed by atoms with E-state index in [9.17, 15) is 9.18 Å². The van der Waals surface area contributed by atoms with E-state index in [4.69, 9.17) is 16.3 Å². The summed E-state index contributed by atoms with van der Waals surface area (Å²) in [5, 5.41) is 0.419. The second kappa shape index (κ2) is 10.9. The Morgan fingerprint density at radius 3 is 2.79 bits per heavy atom. The molecule has 9 heteroatoms. The summed E-state index contributed by atoms with van der Waals surface area (Å²) >= 11 is 6.12. The third kappa shape index (κ3) is 5.49. The molecule has 1 atom stereocenters. The van der Waals surface area contributed by atoms with Gasteiger partial charge in [-0.25, -0.2) is 9.37 Å². The van der Waals surface area contributed by atoms with Crippen LogP contribution in [0.25, 0.3) is 10.9 Å². The van der Waals surface area contributed by atoms with Gasteiger partial charge in [-0.2, -0.15) is 0 Å². The fourth-order valence-electron chi connectivity index (χ4n) is 5.62. The highest BCUT2D eigenvalue weighted by molar-refractivity contribution is 6.31. The monoisotopic (exact) mass is 547 g/mol. The standard InChI is InChI=1S/C30H31ClFN5O2/c1-39-29-12-20(8-10-34-29)16-36(24-5-3-11-35(19-24)23-4-2-9-33-15-23)17-21-18-37(22-6-7-22)28-14-26(31)27(32)13-25(28)30(21)38/h2,4,8-10,12-15,18,22,24H,3,5-7,11,16-17,19H2,1H3. The lowest BCUT2D eigenvalue weighted by atomic mass is 10.0. The molecular formula is C30H31ClFN5O2. The predicted molar refractivity (Wildman–Crippen MR) is 151 cm³/mol. The van der Waals surface area contributed by atoms with E-state index in [0.29, 0.717) is 41.5 Å². The number of hydrogen-bond acceptors (Lipinski definition) is 6. The van der Waals surface area contributed by atoms with Crippen molar-refractivity contribution in [1.29, 1.82) is 0 Å². The zero-order chi connectivity index (χ0) is 26.9. The van der Waals surface area contributed by atoms with Crippen LogP contribution in [0.4, 0.5) is 10.1 Å². The number of rotatable bonds is 8. The van der Waals surface area contributed by atoms with Crippen molar-refractivity contribution in [2.75, 3.05) is 25.1 Å². The minimum Gasteiger partial charge on any atom is -0.481 e. The molecule has 0 bridgehead atoms. The number of nitrogens with zero attached hydrogens (tertiary/aromatic N) is 5.